The Balaban J connectivity index is 2.07. The lowest BCUT2D eigenvalue weighted by Gasteiger charge is -2.30. The molecule has 158 valence electrons. The fourth-order valence-corrected chi connectivity index (χ4v) is 4.77. The molecular formula is C21H28N2O5S. The van der Waals surface area contributed by atoms with Crippen LogP contribution in [0, 0.1) is 0 Å². The molecule has 0 unspecified atom stereocenters. The first-order valence-electron chi connectivity index (χ1n) is 9.69. The third-order valence-corrected chi connectivity index (χ3v) is 6.76. The summed E-state index contributed by atoms with van der Waals surface area (Å²) in [4.78, 5) is 23.7. The van der Waals surface area contributed by atoms with E-state index in [4.69, 9.17) is 4.74 Å². The number of carbonyl (C=O) groups excluding carboxylic acids is 2. The number of esters is 1. The normalized spacial score (nSPS) is 15.8. The van der Waals surface area contributed by atoms with Crippen molar-refractivity contribution in [3.63, 3.8) is 0 Å². The zero-order valence-electron chi connectivity index (χ0n) is 16.8. The van der Waals surface area contributed by atoms with Crippen molar-refractivity contribution in [2.24, 2.45) is 0 Å². The maximum Gasteiger partial charge on any atom is 0.331 e. The third kappa shape index (κ3) is 6.54. The molecule has 0 bridgehead atoms. The summed E-state index contributed by atoms with van der Waals surface area (Å²) in [5.41, 5.74) is 0.167. The molecule has 0 spiro atoms. The van der Waals surface area contributed by atoms with Crippen LogP contribution in [0.1, 0.15) is 39.0 Å². The van der Waals surface area contributed by atoms with Gasteiger partial charge in [0.1, 0.15) is 4.90 Å². The van der Waals surface area contributed by atoms with E-state index >= 15 is 0 Å². The molecule has 0 heterocycles. The topological polar surface area (TPSA) is 92.8 Å². The zero-order valence-corrected chi connectivity index (χ0v) is 17.7. The lowest BCUT2D eigenvalue weighted by molar-refractivity contribution is -0.142. The van der Waals surface area contributed by atoms with E-state index in [-0.39, 0.29) is 16.6 Å². The summed E-state index contributed by atoms with van der Waals surface area (Å²) in [5.74, 6) is -1.27. The highest BCUT2D eigenvalue weighted by atomic mass is 32.2. The van der Waals surface area contributed by atoms with Crippen LogP contribution in [-0.4, -0.2) is 44.3 Å². The average Bonchev–Trinajstić information content (AvgIpc) is 2.73. The van der Waals surface area contributed by atoms with Crippen LogP contribution in [0.25, 0.3) is 0 Å². The Morgan fingerprint density at radius 1 is 1.17 bits per heavy atom. The van der Waals surface area contributed by atoms with Crippen LogP contribution in [0.5, 0.6) is 0 Å². The molecule has 1 N–H and O–H groups in total. The number of rotatable bonds is 8. The molecule has 0 aromatic heterocycles. The Morgan fingerprint density at radius 2 is 1.86 bits per heavy atom. The van der Waals surface area contributed by atoms with Crippen molar-refractivity contribution >= 4 is 27.6 Å². The second kappa shape index (κ2) is 10.9. The molecule has 2 rings (SSSR count). The predicted octanol–water partition coefficient (Wildman–Crippen LogP) is 3.25. The first kappa shape index (κ1) is 22.8. The quantitative estimate of drug-likeness (QED) is 0.396. The Labute approximate surface area is 172 Å². The van der Waals surface area contributed by atoms with E-state index in [0.717, 1.165) is 32.1 Å². The second-order valence-corrected chi connectivity index (χ2v) is 8.82. The van der Waals surface area contributed by atoms with Crippen molar-refractivity contribution in [1.29, 1.82) is 0 Å². The maximum absolute atomic E-state index is 13.1. The number of hydrogen-bond acceptors (Lipinski definition) is 5. The van der Waals surface area contributed by atoms with E-state index in [1.165, 1.54) is 28.6 Å². The van der Waals surface area contributed by atoms with Gasteiger partial charge in [-0.05, 0) is 31.9 Å². The smallest absolute Gasteiger partial charge is 0.331 e. The Morgan fingerprint density at radius 3 is 2.55 bits per heavy atom. The molecule has 0 atom stereocenters. The summed E-state index contributed by atoms with van der Waals surface area (Å²) in [6, 6.07) is 6.20. The van der Waals surface area contributed by atoms with Gasteiger partial charge in [-0.2, -0.15) is 4.31 Å². The number of amides is 1. The van der Waals surface area contributed by atoms with Crippen LogP contribution >= 0.6 is 0 Å². The van der Waals surface area contributed by atoms with E-state index in [2.05, 4.69) is 5.32 Å². The van der Waals surface area contributed by atoms with Crippen molar-refractivity contribution in [3.05, 3.63) is 48.6 Å². The number of hydrogen-bond donors (Lipinski definition) is 1. The summed E-state index contributed by atoms with van der Waals surface area (Å²) >= 11 is 0. The van der Waals surface area contributed by atoms with Gasteiger partial charge in [-0.3, -0.25) is 4.79 Å². The van der Waals surface area contributed by atoms with E-state index in [1.807, 2.05) is 0 Å². The van der Waals surface area contributed by atoms with Gasteiger partial charge >= 0.3 is 5.97 Å². The molecule has 1 saturated carbocycles. The van der Waals surface area contributed by atoms with Gasteiger partial charge in [-0.25, -0.2) is 13.2 Å². The molecule has 0 aliphatic heterocycles. The molecule has 29 heavy (non-hydrogen) atoms. The minimum Gasteiger partial charge on any atom is -0.452 e. The number of allylic oxidation sites excluding steroid dienone is 3. The SMILES string of the molecule is C/C=C/C=C/C(=O)OCC(=O)Nc1ccccc1S(=O)(=O)N(C)C1CCCCC1. The van der Waals surface area contributed by atoms with Crippen LogP contribution in [0.3, 0.4) is 0 Å². The number of anilines is 1. The molecule has 1 aromatic carbocycles. The van der Waals surface area contributed by atoms with Crippen molar-refractivity contribution in [2.45, 2.75) is 50.0 Å². The van der Waals surface area contributed by atoms with Crippen LogP contribution in [0.15, 0.2) is 53.5 Å². The van der Waals surface area contributed by atoms with Gasteiger partial charge in [-0.1, -0.05) is 49.6 Å². The number of nitrogens with one attached hydrogen (secondary N) is 1. The molecule has 1 amide bonds. The van der Waals surface area contributed by atoms with Gasteiger partial charge in [0.2, 0.25) is 10.0 Å². The van der Waals surface area contributed by atoms with E-state index < -0.39 is 28.5 Å². The molecule has 1 aliphatic carbocycles. The summed E-state index contributed by atoms with van der Waals surface area (Å²) in [7, 11) is -2.18. The van der Waals surface area contributed by atoms with E-state index in [1.54, 1.807) is 38.3 Å². The van der Waals surface area contributed by atoms with E-state index in [9.17, 15) is 18.0 Å². The largest absolute Gasteiger partial charge is 0.452 e. The van der Waals surface area contributed by atoms with Gasteiger partial charge in [0.25, 0.3) is 5.91 Å². The van der Waals surface area contributed by atoms with Gasteiger partial charge in [-0.15, -0.1) is 0 Å². The number of ether oxygens (including phenoxy) is 1. The average molecular weight is 421 g/mol. The van der Waals surface area contributed by atoms with Crippen molar-refractivity contribution in [1.82, 2.24) is 4.31 Å². The highest BCUT2D eigenvalue weighted by molar-refractivity contribution is 7.89. The van der Waals surface area contributed by atoms with Crippen molar-refractivity contribution in [2.75, 3.05) is 19.0 Å². The standard InChI is InChI=1S/C21H28N2O5S/c1-3-4-6-15-21(25)28-16-20(24)22-18-13-9-10-14-19(18)29(26,27)23(2)17-11-7-5-8-12-17/h3-4,6,9-10,13-15,17H,5,7-8,11-12,16H2,1-2H3,(H,22,24)/b4-3+,15-6+. The Kier molecular flexibility index (Phi) is 8.60. The third-order valence-electron chi connectivity index (χ3n) is 4.79. The molecule has 1 aromatic rings. The van der Waals surface area contributed by atoms with Crippen LogP contribution in [-0.2, 0) is 24.3 Å². The highest BCUT2D eigenvalue weighted by Crippen LogP contribution is 2.29. The number of benzene rings is 1. The van der Waals surface area contributed by atoms with Gasteiger partial charge in [0.15, 0.2) is 6.61 Å². The Bertz CT molecular complexity index is 871. The van der Waals surface area contributed by atoms with Crippen LogP contribution < -0.4 is 5.32 Å². The first-order chi connectivity index (χ1) is 13.9. The van der Waals surface area contributed by atoms with Crippen molar-refractivity contribution in [3.8, 4) is 0 Å². The second-order valence-electron chi connectivity index (χ2n) is 6.85. The number of para-hydroxylation sites is 1. The zero-order chi connectivity index (χ0) is 21.3. The minimum atomic E-state index is -3.77. The van der Waals surface area contributed by atoms with Gasteiger partial charge < -0.3 is 10.1 Å². The summed E-state index contributed by atoms with van der Waals surface area (Å²) in [5, 5.41) is 2.54. The van der Waals surface area contributed by atoms with Crippen LogP contribution in [0.4, 0.5) is 5.69 Å². The molecule has 7 nitrogen and oxygen atoms in total. The lowest BCUT2D eigenvalue weighted by Crippen LogP contribution is -2.38. The summed E-state index contributed by atoms with van der Waals surface area (Å²) in [6.07, 6.45) is 10.9. The first-order valence-corrected chi connectivity index (χ1v) is 11.1. The fraction of sp³-hybridized carbons (Fsp3) is 0.429. The summed E-state index contributed by atoms with van der Waals surface area (Å²) < 4.78 is 32.5. The minimum absolute atomic E-state index is 0.0285. The number of sulfonamides is 1. The molecule has 0 saturated heterocycles. The molecular weight excluding hydrogens is 392 g/mol. The highest BCUT2D eigenvalue weighted by Gasteiger charge is 2.31. The maximum atomic E-state index is 13.1. The molecule has 8 heteroatoms. The monoisotopic (exact) mass is 420 g/mol. The van der Waals surface area contributed by atoms with E-state index in [0.29, 0.717) is 0 Å². The van der Waals surface area contributed by atoms with Crippen molar-refractivity contribution < 1.29 is 22.7 Å². The fourth-order valence-electron chi connectivity index (χ4n) is 3.21. The predicted molar refractivity (Wildman–Crippen MR) is 112 cm³/mol. The van der Waals surface area contributed by atoms with Gasteiger partial charge in [0, 0.05) is 19.2 Å². The van der Waals surface area contributed by atoms with Gasteiger partial charge in [0.05, 0.1) is 5.69 Å². The molecule has 0 radical (unpaired) electrons. The Hall–Kier alpha value is -2.45. The summed E-state index contributed by atoms with van der Waals surface area (Å²) in [6.45, 7) is 1.30. The molecule has 1 aliphatic rings. The number of carbonyl (C=O) groups is 2. The number of nitrogens with zero attached hydrogens (tertiary/aromatic N) is 1. The lowest BCUT2D eigenvalue weighted by atomic mass is 9.96. The molecule has 1 fully saturated rings. The van der Waals surface area contributed by atoms with Crippen LogP contribution in [0.2, 0.25) is 0 Å².